The molecule has 0 amide bonds. The maximum absolute atomic E-state index is 6.84. The van der Waals surface area contributed by atoms with E-state index in [1.807, 2.05) is 30.3 Å². The Bertz CT molecular complexity index is 3120. The van der Waals surface area contributed by atoms with Crippen molar-refractivity contribution in [1.29, 1.82) is 0 Å². The standard InChI is InChI=1S/C59H46N2/c1-59(2)54-30-15-14-28-52(54)57-48(29-17-31-55(57)59)46-25-16-24-45(38-46)47-35-36-51(50-27-13-12-26-49(47)50)56(61-58(60)43-22-10-5-11-23-43)37-34-42-32-33-44(40-18-6-3-7-19-40)39-53(42)41-20-8-4-9-21-41/h3-33,35-39H,34H2,1-2H3,(H2,60,61)/b56-37-. The second kappa shape index (κ2) is 15.9. The number of amidine groups is 1. The first kappa shape index (κ1) is 37.7. The van der Waals surface area contributed by atoms with Crippen LogP contribution >= 0.6 is 0 Å². The topological polar surface area (TPSA) is 38.4 Å². The van der Waals surface area contributed by atoms with Crippen LogP contribution in [0.2, 0.25) is 0 Å². The molecule has 9 aromatic rings. The van der Waals surface area contributed by atoms with Gasteiger partial charge in [0.05, 0.1) is 5.70 Å². The average Bonchev–Trinajstić information content (AvgIpc) is 3.56. The molecule has 0 saturated heterocycles. The third-order valence-corrected chi connectivity index (χ3v) is 12.4. The molecule has 0 aliphatic heterocycles. The van der Waals surface area contributed by atoms with Crippen LogP contribution in [-0.2, 0) is 11.8 Å². The number of benzene rings is 9. The van der Waals surface area contributed by atoms with Crippen LogP contribution in [-0.4, -0.2) is 5.84 Å². The van der Waals surface area contributed by atoms with Crippen molar-refractivity contribution in [3.63, 3.8) is 0 Å². The zero-order valence-electron chi connectivity index (χ0n) is 34.5. The van der Waals surface area contributed by atoms with E-state index in [0.717, 1.165) is 22.2 Å². The second-order valence-electron chi connectivity index (χ2n) is 16.4. The van der Waals surface area contributed by atoms with Crippen molar-refractivity contribution < 1.29 is 0 Å². The first-order valence-electron chi connectivity index (χ1n) is 21.1. The van der Waals surface area contributed by atoms with E-state index in [-0.39, 0.29) is 5.41 Å². The summed E-state index contributed by atoms with van der Waals surface area (Å²) in [6.07, 6.45) is 2.91. The SMILES string of the molecule is CC1(C)c2ccccc2-c2c(-c3cccc(-c4ccc(/C(=C/Cc5ccc(-c6ccccc6)cc5-c5ccccc5)N=C(N)c5ccccc5)c5ccccc45)c3)cccc21. The molecule has 2 nitrogen and oxygen atoms in total. The highest BCUT2D eigenvalue weighted by Gasteiger charge is 2.36. The van der Waals surface area contributed by atoms with Gasteiger partial charge in [0.1, 0.15) is 5.84 Å². The van der Waals surface area contributed by atoms with Gasteiger partial charge in [-0.2, -0.15) is 0 Å². The molecular weight excluding hydrogens is 737 g/mol. The van der Waals surface area contributed by atoms with Gasteiger partial charge in [-0.1, -0.05) is 220 Å². The highest BCUT2D eigenvalue weighted by atomic mass is 14.9. The molecular formula is C59H46N2. The van der Waals surface area contributed by atoms with Crippen LogP contribution in [0.25, 0.3) is 72.1 Å². The fourth-order valence-corrected chi connectivity index (χ4v) is 9.30. The van der Waals surface area contributed by atoms with Crippen LogP contribution in [0.5, 0.6) is 0 Å². The predicted octanol–water partition coefficient (Wildman–Crippen LogP) is 14.8. The molecule has 1 aliphatic carbocycles. The number of hydrogen-bond acceptors (Lipinski definition) is 1. The minimum Gasteiger partial charge on any atom is -0.383 e. The number of aliphatic imine (C=N–C) groups is 1. The van der Waals surface area contributed by atoms with E-state index in [1.54, 1.807) is 0 Å². The zero-order valence-corrected chi connectivity index (χ0v) is 34.5. The van der Waals surface area contributed by atoms with Crippen molar-refractivity contribution in [2.75, 3.05) is 0 Å². The van der Waals surface area contributed by atoms with Gasteiger partial charge in [0.2, 0.25) is 0 Å². The van der Waals surface area contributed by atoms with Gasteiger partial charge in [-0.25, -0.2) is 4.99 Å². The van der Waals surface area contributed by atoms with Gasteiger partial charge in [-0.15, -0.1) is 0 Å². The minimum absolute atomic E-state index is 0.0576. The Morgan fingerprint density at radius 3 is 1.82 bits per heavy atom. The zero-order chi connectivity index (χ0) is 41.3. The van der Waals surface area contributed by atoms with Crippen molar-refractivity contribution in [2.45, 2.75) is 25.7 Å². The van der Waals surface area contributed by atoms with Crippen LogP contribution in [0.3, 0.4) is 0 Å². The van der Waals surface area contributed by atoms with Crippen LogP contribution in [0.15, 0.2) is 223 Å². The second-order valence-corrected chi connectivity index (χ2v) is 16.4. The fourth-order valence-electron chi connectivity index (χ4n) is 9.30. The summed E-state index contributed by atoms with van der Waals surface area (Å²) in [5, 5.41) is 2.29. The average molecular weight is 783 g/mol. The lowest BCUT2D eigenvalue weighted by Crippen LogP contribution is -2.14. The fraction of sp³-hybridized carbons (Fsp3) is 0.0678. The minimum atomic E-state index is -0.0576. The smallest absolute Gasteiger partial charge is 0.131 e. The summed E-state index contributed by atoms with van der Waals surface area (Å²) in [4.78, 5) is 5.22. The van der Waals surface area contributed by atoms with Crippen molar-refractivity contribution in [3.8, 4) is 55.6 Å². The van der Waals surface area contributed by atoms with Crippen LogP contribution < -0.4 is 5.73 Å². The lowest BCUT2D eigenvalue weighted by Gasteiger charge is -2.21. The molecule has 61 heavy (non-hydrogen) atoms. The summed E-state index contributed by atoms with van der Waals surface area (Å²) in [7, 11) is 0. The Morgan fingerprint density at radius 2 is 1.05 bits per heavy atom. The van der Waals surface area contributed by atoms with E-state index in [9.17, 15) is 0 Å². The summed E-state index contributed by atoms with van der Waals surface area (Å²) in [5.74, 6) is 0.482. The van der Waals surface area contributed by atoms with Crippen LogP contribution in [0.1, 0.15) is 41.7 Å². The van der Waals surface area contributed by atoms with Crippen LogP contribution in [0, 0.1) is 0 Å². The third-order valence-electron chi connectivity index (χ3n) is 12.4. The molecule has 0 spiro atoms. The van der Waals surface area contributed by atoms with Crippen molar-refractivity contribution in [2.24, 2.45) is 10.7 Å². The molecule has 0 atom stereocenters. The summed E-state index contributed by atoms with van der Waals surface area (Å²) in [6, 6.07) is 76.0. The Kier molecular flexibility index (Phi) is 9.83. The van der Waals surface area contributed by atoms with E-state index < -0.39 is 0 Å². The van der Waals surface area contributed by atoms with Gasteiger partial charge < -0.3 is 5.73 Å². The number of nitrogens with two attached hydrogens (primary N) is 1. The van der Waals surface area contributed by atoms with Gasteiger partial charge in [0.25, 0.3) is 0 Å². The van der Waals surface area contributed by atoms with Gasteiger partial charge >= 0.3 is 0 Å². The summed E-state index contributed by atoms with van der Waals surface area (Å²) in [5.41, 5.74) is 25.8. The molecule has 0 aromatic heterocycles. The van der Waals surface area contributed by atoms with E-state index in [2.05, 4.69) is 202 Å². The number of fused-ring (bicyclic) bond motifs is 4. The summed E-state index contributed by atoms with van der Waals surface area (Å²) in [6.45, 7) is 4.69. The lowest BCUT2D eigenvalue weighted by atomic mass is 9.82. The molecule has 9 aromatic carbocycles. The molecule has 2 heteroatoms. The van der Waals surface area contributed by atoms with Gasteiger partial charge in [-0.3, -0.25) is 0 Å². The Morgan fingerprint density at radius 1 is 0.459 bits per heavy atom. The molecule has 0 heterocycles. The first-order valence-corrected chi connectivity index (χ1v) is 21.1. The number of allylic oxidation sites excluding steroid dienone is 1. The van der Waals surface area contributed by atoms with E-state index >= 15 is 0 Å². The van der Waals surface area contributed by atoms with Crippen LogP contribution in [0.4, 0.5) is 0 Å². The molecule has 0 bridgehead atoms. The molecule has 10 rings (SSSR count). The maximum Gasteiger partial charge on any atom is 0.131 e. The monoisotopic (exact) mass is 782 g/mol. The molecule has 0 fully saturated rings. The first-order chi connectivity index (χ1) is 29.9. The van der Waals surface area contributed by atoms with E-state index in [0.29, 0.717) is 12.3 Å². The Hall–Kier alpha value is -7.55. The molecule has 0 radical (unpaired) electrons. The molecule has 2 N–H and O–H groups in total. The molecule has 1 aliphatic rings. The highest BCUT2D eigenvalue weighted by molar-refractivity contribution is 6.06. The number of nitrogens with zero attached hydrogens (tertiary/aromatic N) is 1. The maximum atomic E-state index is 6.84. The molecule has 292 valence electrons. The Balaban J connectivity index is 1.09. The molecule has 0 saturated carbocycles. The van der Waals surface area contributed by atoms with Crippen molar-refractivity contribution in [1.82, 2.24) is 0 Å². The summed E-state index contributed by atoms with van der Waals surface area (Å²) >= 11 is 0. The summed E-state index contributed by atoms with van der Waals surface area (Å²) < 4.78 is 0. The number of rotatable bonds is 9. The Labute approximate surface area is 359 Å². The van der Waals surface area contributed by atoms with Gasteiger partial charge in [0.15, 0.2) is 0 Å². The van der Waals surface area contributed by atoms with Gasteiger partial charge in [0, 0.05) is 16.5 Å². The quantitative estimate of drug-likeness (QED) is 0.115. The van der Waals surface area contributed by atoms with Crippen molar-refractivity contribution in [3.05, 3.63) is 246 Å². The largest absolute Gasteiger partial charge is 0.383 e. The van der Waals surface area contributed by atoms with Crippen molar-refractivity contribution >= 4 is 22.3 Å². The normalized spacial score (nSPS) is 13.2. The van der Waals surface area contributed by atoms with E-state index in [1.165, 1.54) is 77.7 Å². The molecule has 0 unspecified atom stereocenters. The lowest BCUT2D eigenvalue weighted by molar-refractivity contribution is 0.660. The van der Waals surface area contributed by atoms with Gasteiger partial charge in [-0.05, 0) is 102 Å². The predicted molar refractivity (Wildman–Crippen MR) is 259 cm³/mol. The van der Waals surface area contributed by atoms with E-state index in [4.69, 9.17) is 10.7 Å². The highest BCUT2D eigenvalue weighted by Crippen LogP contribution is 2.52. The third kappa shape index (κ3) is 7.07. The number of hydrogen-bond donors (Lipinski definition) is 1.